The molecule has 5 rings (SSSR count). The number of fused-ring (bicyclic) bond motifs is 1. The molecular weight excluding hydrogens is 364 g/mol. The number of likely N-dealkylation sites (tertiary alicyclic amines) is 1. The zero-order chi connectivity index (χ0) is 20.0. The van der Waals surface area contributed by atoms with Crippen LogP contribution in [0.5, 0.6) is 5.75 Å². The van der Waals surface area contributed by atoms with Crippen molar-refractivity contribution >= 4 is 16.7 Å². The van der Waals surface area contributed by atoms with Crippen molar-refractivity contribution in [3.63, 3.8) is 0 Å². The van der Waals surface area contributed by atoms with E-state index in [0.717, 1.165) is 54.0 Å². The molecule has 3 heterocycles. The number of aryl methyl sites for hydroxylation is 1. The van der Waals surface area contributed by atoms with E-state index in [1.165, 1.54) is 18.2 Å². The first-order chi connectivity index (χ1) is 14.1. The molecule has 1 aliphatic heterocycles. The van der Waals surface area contributed by atoms with Gasteiger partial charge < -0.3 is 9.64 Å². The Morgan fingerprint density at radius 2 is 1.93 bits per heavy atom. The van der Waals surface area contributed by atoms with Crippen LogP contribution in [0.25, 0.3) is 10.8 Å². The summed E-state index contributed by atoms with van der Waals surface area (Å²) in [6.07, 6.45) is 6.20. The maximum atomic E-state index is 12.8. The first-order valence-corrected chi connectivity index (χ1v) is 10.4. The van der Waals surface area contributed by atoms with E-state index in [-0.39, 0.29) is 5.91 Å². The Kier molecular flexibility index (Phi) is 4.49. The van der Waals surface area contributed by atoms with Crippen LogP contribution < -0.4 is 4.74 Å². The van der Waals surface area contributed by atoms with Crippen LogP contribution in [0.1, 0.15) is 65.0 Å². The van der Waals surface area contributed by atoms with Crippen LogP contribution in [0.2, 0.25) is 0 Å². The summed E-state index contributed by atoms with van der Waals surface area (Å²) >= 11 is 0. The third kappa shape index (κ3) is 3.37. The predicted molar refractivity (Wildman–Crippen MR) is 111 cm³/mol. The molecule has 29 heavy (non-hydrogen) atoms. The number of H-pyrrole nitrogens is 1. The van der Waals surface area contributed by atoms with Gasteiger partial charge in [-0.3, -0.25) is 14.9 Å². The first kappa shape index (κ1) is 18.2. The molecule has 2 fully saturated rings. The number of carbonyl (C=O) groups is 1. The molecule has 1 amide bonds. The van der Waals surface area contributed by atoms with Crippen LogP contribution in [0.15, 0.2) is 30.5 Å². The van der Waals surface area contributed by atoms with Crippen molar-refractivity contribution in [1.82, 2.24) is 20.1 Å². The average molecular weight is 390 g/mol. The number of aromatic nitrogens is 3. The third-order valence-corrected chi connectivity index (χ3v) is 6.40. The largest absolute Gasteiger partial charge is 0.496 e. The highest BCUT2D eigenvalue weighted by Crippen LogP contribution is 2.39. The number of nitrogens with one attached hydrogen (secondary N) is 1. The second-order valence-electron chi connectivity index (χ2n) is 8.27. The molecule has 150 valence electrons. The minimum atomic E-state index is 0.0404. The van der Waals surface area contributed by atoms with Crippen molar-refractivity contribution in [2.24, 2.45) is 0 Å². The molecule has 2 aliphatic rings. The van der Waals surface area contributed by atoms with E-state index in [0.29, 0.717) is 17.5 Å². The van der Waals surface area contributed by atoms with E-state index in [9.17, 15) is 4.79 Å². The number of amides is 1. The molecule has 6 nitrogen and oxygen atoms in total. The number of ether oxygens (including phenoxy) is 1. The summed E-state index contributed by atoms with van der Waals surface area (Å²) in [4.78, 5) is 19.5. The van der Waals surface area contributed by atoms with Gasteiger partial charge in [-0.05, 0) is 67.8 Å². The number of methoxy groups -OCH3 is 1. The quantitative estimate of drug-likeness (QED) is 0.726. The number of piperidine rings is 1. The van der Waals surface area contributed by atoms with Crippen molar-refractivity contribution in [3.8, 4) is 5.75 Å². The molecule has 0 bridgehead atoms. The summed E-state index contributed by atoms with van der Waals surface area (Å²) in [5.41, 5.74) is 3.91. The Morgan fingerprint density at radius 3 is 2.66 bits per heavy atom. The molecule has 1 aromatic carbocycles. The summed E-state index contributed by atoms with van der Waals surface area (Å²) in [5, 5.41) is 9.61. The van der Waals surface area contributed by atoms with Gasteiger partial charge in [-0.25, -0.2) is 0 Å². The van der Waals surface area contributed by atoms with Crippen molar-refractivity contribution in [3.05, 3.63) is 53.1 Å². The van der Waals surface area contributed by atoms with Crippen LogP contribution >= 0.6 is 0 Å². The van der Waals surface area contributed by atoms with Crippen molar-refractivity contribution in [2.75, 3.05) is 20.2 Å². The summed E-state index contributed by atoms with van der Waals surface area (Å²) in [5.74, 6) is 1.89. The summed E-state index contributed by atoms with van der Waals surface area (Å²) in [7, 11) is 1.70. The molecule has 1 aliphatic carbocycles. The van der Waals surface area contributed by atoms with Crippen molar-refractivity contribution in [2.45, 2.75) is 44.4 Å². The van der Waals surface area contributed by atoms with Crippen LogP contribution in [0.4, 0.5) is 0 Å². The Morgan fingerprint density at radius 1 is 1.14 bits per heavy atom. The molecule has 6 heteroatoms. The van der Waals surface area contributed by atoms with Gasteiger partial charge in [-0.2, -0.15) is 5.10 Å². The van der Waals surface area contributed by atoms with Crippen molar-refractivity contribution < 1.29 is 9.53 Å². The monoisotopic (exact) mass is 390 g/mol. The number of hydrogen-bond donors (Lipinski definition) is 1. The topological polar surface area (TPSA) is 71.1 Å². The Labute approximate surface area is 170 Å². The molecule has 0 radical (unpaired) electrons. The number of pyridine rings is 1. The number of rotatable bonds is 4. The lowest BCUT2D eigenvalue weighted by molar-refractivity contribution is 0.0706. The first-order valence-electron chi connectivity index (χ1n) is 10.4. The van der Waals surface area contributed by atoms with Gasteiger partial charge in [-0.15, -0.1) is 0 Å². The minimum absolute atomic E-state index is 0.0404. The molecule has 2 aromatic heterocycles. The second kappa shape index (κ2) is 7.17. The van der Waals surface area contributed by atoms with Crippen molar-refractivity contribution in [1.29, 1.82) is 0 Å². The van der Waals surface area contributed by atoms with E-state index < -0.39 is 0 Å². The maximum Gasteiger partial charge on any atom is 0.274 e. The number of benzene rings is 1. The predicted octanol–water partition coefficient (Wildman–Crippen LogP) is 4.17. The number of hydrogen-bond acceptors (Lipinski definition) is 4. The normalized spacial score (nSPS) is 17.7. The van der Waals surface area contributed by atoms with Crippen LogP contribution in [0.3, 0.4) is 0 Å². The zero-order valence-electron chi connectivity index (χ0n) is 16.9. The van der Waals surface area contributed by atoms with Crippen LogP contribution in [-0.4, -0.2) is 46.2 Å². The number of carbonyl (C=O) groups excluding carboxylic acids is 1. The fourth-order valence-electron chi connectivity index (χ4n) is 4.40. The van der Waals surface area contributed by atoms with Gasteiger partial charge in [-0.1, -0.05) is 0 Å². The van der Waals surface area contributed by atoms with Gasteiger partial charge in [0.05, 0.1) is 7.11 Å². The smallest absolute Gasteiger partial charge is 0.274 e. The lowest BCUT2D eigenvalue weighted by Crippen LogP contribution is -2.38. The maximum absolute atomic E-state index is 12.8. The molecule has 1 N–H and O–H groups in total. The van der Waals surface area contributed by atoms with Gasteiger partial charge in [0.25, 0.3) is 5.91 Å². The lowest BCUT2D eigenvalue weighted by atomic mass is 9.91. The Bertz CT molecular complexity index is 1060. The second-order valence-corrected chi connectivity index (χ2v) is 8.27. The fourth-order valence-corrected chi connectivity index (χ4v) is 4.40. The van der Waals surface area contributed by atoms with Gasteiger partial charge >= 0.3 is 0 Å². The summed E-state index contributed by atoms with van der Waals surface area (Å²) in [6, 6.07) is 8.18. The van der Waals surface area contributed by atoms with E-state index in [2.05, 4.69) is 29.3 Å². The van der Waals surface area contributed by atoms with Gasteiger partial charge in [0.15, 0.2) is 0 Å². The molecular formula is C23H26N4O2. The Balaban J connectivity index is 1.29. The van der Waals surface area contributed by atoms with E-state index in [4.69, 9.17) is 9.72 Å². The number of nitrogens with zero attached hydrogens (tertiary/aromatic N) is 3. The van der Waals surface area contributed by atoms with Gasteiger partial charge in [0, 0.05) is 47.9 Å². The van der Waals surface area contributed by atoms with Crippen LogP contribution in [-0.2, 0) is 0 Å². The van der Waals surface area contributed by atoms with E-state index in [1.807, 2.05) is 23.2 Å². The molecule has 0 spiro atoms. The Hall–Kier alpha value is -2.89. The highest BCUT2D eigenvalue weighted by atomic mass is 16.5. The zero-order valence-corrected chi connectivity index (χ0v) is 16.9. The molecule has 0 atom stereocenters. The van der Waals surface area contributed by atoms with Crippen LogP contribution in [0, 0.1) is 6.92 Å². The highest BCUT2D eigenvalue weighted by molar-refractivity contribution is 5.92. The summed E-state index contributed by atoms with van der Waals surface area (Å²) < 4.78 is 5.47. The average Bonchev–Trinajstić information content (AvgIpc) is 3.50. The SMILES string of the molecule is COc1ccc2cnc(C3CCN(C(=O)c4cc(C5CC5)[nH]n4)CC3)cc2c1C. The lowest BCUT2D eigenvalue weighted by Gasteiger charge is -2.31. The standard InChI is InChI=1S/C23H26N4O2/c1-14-18-11-19(24-13-17(18)5-6-22(14)29-2)16-7-9-27(10-8-16)23(28)21-12-20(25-26-21)15-3-4-15/h5-6,11-13,15-16H,3-4,7-10H2,1-2H3,(H,25,26). The van der Waals surface area contributed by atoms with Gasteiger partial charge in [0.2, 0.25) is 0 Å². The molecule has 1 saturated carbocycles. The minimum Gasteiger partial charge on any atom is -0.496 e. The summed E-state index contributed by atoms with van der Waals surface area (Å²) in [6.45, 7) is 3.57. The molecule has 0 unspecified atom stereocenters. The van der Waals surface area contributed by atoms with E-state index >= 15 is 0 Å². The third-order valence-electron chi connectivity index (χ3n) is 6.40. The van der Waals surface area contributed by atoms with E-state index in [1.54, 1.807) is 7.11 Å². The highest BCUT2D eigenvalue weighted by Gasteiger charge is 2.29. The number of aromatic amines is 1. The molecule has 1 saturated heterocycles. The van der Waals surface area contributed by atoms with Gasteiger partial charge in [0.1, 0.15) is 11.4 Å². The fraction of sp³-hybridized carbons (Fsp3) is 0.435. The molecule has 3 aromatic rings.